The maximum absolute atomic E-state index is 5.66. The fourth-order valence-electron chi connectivity index (χ4n) is 2.81. The highest BCUT2D eigenvalue weighted by molar-refractivity contribution is 7.18. The van der Waals surface area contributed by atoms with Crippen LogP contribution >= 0.6 is 11.3 Å². The van der Waals surface area contributed by atoms with E-state index in [0.29, 0.717) is 12.6 Å². The Morgan fingerprint density at radius 3 is 2.95 bits per heavy atom. The molecule has 5 nitrogen and oxygen atoms in total. The number of nitrogens with one attached hydrogen (secondary N) is 2. The number of thiophene rings is 1. The zero-order chi connectivity index (χ0) is 14.8. The molecule has 0 aromatic carbocycles. The fraction of sp³-hybridized carbons (Fsp3) is 0.600. The third-order valence-electron chi connectivity index (χ3n) is 4.12. The predicted octanol–water partition coefficient (Wildman–Crippen LogP) is 1.97. The Kier molecular flexibility index (Phi) is 4.37. The zero-order valence-electron chi connectivity index (χ0n) is 12.7. The molecule has 6 heteroatoms. The molecule has 114 valence electrons. The average molecular weight is 305 g/mol. The molecule has 4 N–H and O–H groups in total. The van der Waals surface area contributed by atoms with Gasteiger partial charge in [-0.1, -0.05) is 0 Å². The van der Waals surface area contributed by atoms with Gasteiger partial charge in [-0.15, -0.1) is 11.3 Å². The van der Waals surface area contributed by atoms with E-state index in [2.05, 4.69) is 29.5 Å². The number of hydrogen-bond donors (Lipinski definition) is 3. The van der Waals surface area contributed by atoms with Crippen LogP contribution in [0.2, 0.25) is 0 Å². The summed E-state index contributed by atoms with van der Waals surface area (Å²) in [6.45, 7) is 6.92. The van der Waals surface area contributed by atoms with Crippen molar-refractivity contribution in [3.63, 3.8) is 0 Å². The van der Waals surface area contributed by atoms with E-state index in [9.17, 15) is 0 Å². The summed E-state index contributed by atoms with van der Waals surface area (Å²) in [7, 11) is 0. The van der Waals surface area contributed by atoms with Crippen molar-refractivity contribution >= 4 is 27.4 Å². The van der Waals surface area contributed by atoms with Gasteiger partial charge in [0.15, 0.2) is 0 Å². The second kappa shape index (κ2) is 6.25. The van der Waals surface area contributed by atoms with E-state index in [1.807, 2.05) is 0 Å². The van der Waals surface area contributed by atoms with Crippen molar-refractivity contribution in [1.29, 1.82) is 0 Å². The molecule has 1 fully saturated rings. The maximum atomic E-state index is 5.66. The fourth-order valence-corrected chi connectivity index (χ4v) is 3.86. The van der Waals surface area contributed by atoms with Crippen molar-refractivity contribution in [1.82, 2.24) is 15.3 Å². The Morgan fingerprint density at radius 2 is 2.24 bits per heavy atom. The van der Waals surface area contributed by atoms with Gasteiger partial charge in [0.1, 0.15) is 16.5 Å². The van der Waals surface area contributed by atoms with Crippen molar-refractivity contribution in [2.75, 3.05) is 25.0 Å². The Balaban J connectivity index is 1.92. The Bertz CT molecular complexity index is 631. The lowest BCUT2D eigenvalue weighted by atomic mass is 10.2. The number of nitrogens with two attached hydrogens (primary N) is 1. The van der Waals surface area contributed by atoms with E-state index in [1.54, 1.807) is 11.3 Å². The number of aromatic nitrogens is 2. The summed E-state index contributed by atoms with van der Waals surface area (Å²) in [6.07, 6.45) is 3.22. The van der Waals surface area contributed by atoms with E-state index in [0.717, 1.165) is 36.0 Å². The molecule has 2 aromatic rings. The molecule has 21 heavy (non-hydrogen) atoms. The average Bonchev–Trinajstić information content (AvgIpc) is 3.06. The minimum atomic E-state index is 0.549. The number of fused-ring (bicyclic) bond motifs is 1. The molecule has 0 unspecified atom stereocenters. The molecular weight excluding hydrogens is 282 g/mol. The van der Waals surface area contributed by atoms with E-state index in [1.165, 1.54) is 28.7 Å². The van der Waals surface area contributed by atoms with Gasteiger partial charge >= 0.3 is 0 Å². The monoisotopic (exact) mass is 305 g/mol. The maximum Gasteiger partial charge on any atom is 0.138 e. The lowest BCUT2D eigenvalue weighted by Gasteiger charge is -2.14. The van der Waals surface area contributed by atoms with Gasteiger partial charge in [0.25, 0.3) is 0 Å². The van der Waals surface area contributed by atoms with Crippen LogP contribution in [0.4, 0.5) is 5.82 Å². The van der Waals surface area contributed by atoms with Crippen LogP contribution < -0.4 is 16.4 Å². The van der Waals surface area contributed by atoms with Crippen molar-refractivity contribution in [2.24, 2.45) is 5.73 Å². The molecule has 0 spiro atoms. The van der Waals surface area contributed by atoms with Gasteiger partial charge in [0.2, 0.25) is 0 Å². The highest BCUT2D eigenvalue weighted by Crippen LogP contribution is 2.33. The third-order valence-corrected chi connectivity index (χ3v) is 5.22. The third kappa shape index (κ3) is 3.02. The summed E-state index contributed by atoms with van der Waals surface area (Å²) in [5.41, 5.74) is 6.94. The number of rotatable bonds is 5. The molecule has 0 saturated carbocycles. The van der Waals surface area contributed by atoms with E-state index < -0.39 is 0 Å². The summed E-state index contributed by atoms with van der Waals surface area (Å²) in [4.78, 5) is 11.7. The van der Waals surface area contributed by atoms with Crippen molar-refractivity contribution in [3.8, 4) is 0 Å². The molecule has 0 amide bonds. The van der Waals surface area contributed by atoms with Crippen molar-refractivity contribution in [3.05, 3.63) is 16.3 Å². The van der Waals surface area contributed by atoms with Crippen LogP contribution in [-0.4, -0.2) is 35.6 Å². The summed E-state index contributed by atoms with van der Waals surface area (Å²) < 4.78 is 0. The first-order valence-electron chi connectivity index (χ1n) is 7.63. The van der Waals surface area contributed by atoms with Gasteiger partial charge in [-0.05, 0) is 45.3 Å². The molecule has 1 saturated heterocycles. The Labute approximate surface area is 129 Å². The van der Waals surface area contributed by atoms with Gasteiger partial charge in [-0.3, -0.25) is 0 Å². The van der Waals surface area contributed by atoms with Crippen LogP contribution in [0, 0.1) is 13.8 Å². The van der Waals surface area contributed by atoms with Gasteiger partial charge in [0, 0.05) is 23.9 Å². The van der Waals surface area contributed by atoms with E-state index >= 15 is 0 Å². The zero-order valence-corrected chi connectivity index (χ0v) is 13.5. The van der Waals surface area contributed by atoms with Crippen LogP contribution in [0.25, 0.3) is 10.2 Å². The van der Waals surface area contributed by atoms with Gasteiger partial charge < -0.3 is 16.4 Å². The van der Waals surface area contributed by atoms with Crippen LogP contribution in [0.15, 0.2) is 0 Å². The van der Waals surface area contributed by atoms with Crippen LogP contribution in [-0.2, 0) is 6.42 Å². The van der Waals surface area contributed by atoms with Gasteiger partial charge in [-0.25, -0.2) is 9.97 Å². The minimum absolute atomic E-state index is 0.549. The second-order valence-corrected chi connectivity index (χ2v) is 6.87. The summed E-state index contributed by atoms with van der Waals surface area (Å²) in [6, 6.07) is 0.549. The molecule has 1 aliphatic rings. The first kappa shape index (κ1) is 14.7. The Morgan fingerprint density at radius 1 is 1.38 bits per heavy atom. The lowest BCUT2D eigenvalue weighted by molar-refractivity contribution is 0.632. The molecule has 3 heterocycles. The number of aryl methyl sites for hydroxylation is 2. The van der Waals surface area contributed by atoms with Crippen LogP contribution in [0.3, 0.4) is 0 Å². The SMILES string of the molecule is Cc1sc2nc(CCN)nc(NC[C@H]3CCCN3)c2c1C. The van der Waals surface area contributed by atoms with E-state index in [4.69, 9.17) is 10.7 Å². The number of hydrogen-bond acceptors (Lipinski definition) is 6. The predicted molar refractivity (Wildman–Crippen MR) is 89.2 cm³/mol. The molecule has 0 radical (unpaired) electrons. The largest absolute Gasteiger partial charge is 0.368 e. The molecule has 0 aliphatic carbocycles. The first-order valence-corrected chi connectivity index (χ1v) is 8.44. The smallest absolute Gasteiger partial charge is 0.138 e. The lowest BCUT2D eigenvalue weighted by Crippen LogP contribution is -2.29. The quantitative estimate of drug-likeness (QED) is 0.787. The highest BCUT2D eigenvalue weighted by atomic mass is 32.1. The van der Waals surface area contributed by atoms with Crippen LogP contribution in [0.5, 0.6) is 0 Å². The number of anilines is 1. The van der Waals surface area contributed by atoms with E-state index in [-0.39, 0.29) is 0 Å². The van der Waals surface area contributed by atoms with Crippen LogP contribution in [0.1, 0.15) is 29.1 Å². The molecular formula is C15H23N5S. The molecule has 0 bridgehead atoms. The summed E-state index contributed by atoms with van der Waals surface area (Å²) in [5.74, 6) is 1.81. The normalized spacial score (nSPS) is 18.5. The minimum Gasteiger partial charge on any atom is -0.368 e. The first-order chi connectivity index (χ1) is 10.2. The summed E-state index contributed by atoms with van der Waals surface area (Å²) >= 11 is 1.74. The van der Waals surface area contributed by atoms with Crippen molar-refractivity contribution < 1.29 is 0 Å². The van der Waals surface area contributed by atoms with Gasteiger partial charge in [-0.2, -0.15) is 0 Å². The second-order valence-electron chi connectivity index (χ2n) is 5.66. The number of nitrogens with zero attached hydrogens (tertiary/aromatic N) is 2. The standard InChI is InChI=1S/C15H23N5S/c1-9-10(2)21-15-13(9)14(19-12(20-15)5-6-16)18-8-11-4-3-7-17-11/h11,17H,3-8,16H2,1-2H3,(H,18,19,20)/t11-/m1/s1. The molecule has 3 rings (SSSR count). The van der Waals surface area contributed by atoms with Crippen molar-refractivity contribution in [2.45, 2.75) is 39.2 Å². The summed E-state index contributed by atoms with van der Waals surface area (Å²) in [5, 5.41) is 8.22. The molecule has 1 atom stereocenters. The molecule has 2 aromatic heterocycles. The highest BCUT2D eigenvalue weighted by Gasteiger charge is 2.17. The topological polar surface area (TPSA) is 75.9 Å². The molecule has 1 aliphatic heterocycles. The Hall–Kier alpha value is -1.24. The van der Waals surface area contributed by atoms with Gasteiger partial charge in [0.05, 0.1) is 5.39 Å².